The Morgan fingerprint density at radius 3 is 2.47 bits per heavy atom. The molecule has 0 aliphatic heterocycles. The zero-order valence-electron chi connectivity index (χ0n) is 11.5. The van der Waals surface area contributed by atoms with Crippen molar-refractivity contribution >= 4 is 18.0 Å². The van der Waals surface area contributed by atoms with Gasteiger partial charge in [0.15, 0.2) is 0 Å². The van der Waals surface area contributed by atoms with Crippen LogP contribution < -0.4 is 5.32 Å². The maximum absolute atomic E-state index is 11.7. The molecule has 19 heavy (non-hydrogen) atoms. The van der Waals surface area contributed by atoms with E-state index in [0.717, 1.165) is 5.56 Å². The highest BCUT2D eigenvalue weighted by molar-refractivity contribution is 5.94. The van der Waals surface area contributed by atoms with E-state index in [-0.39, 0.29) is 5.91 Å². The molecule has 0 aromatic heterocycles. The second-order valence-corrected chi connectivity index (χ2v) is 4.24. The summed E-state index contributed by atoms with van der Waals surface area (Å²) in [4.78, 5) is 23.0. The average molecular weight is 261 g/mol. The Morgan fingerprint density at radius 1 is 1.32 bits per heavy atom. The van der Waals surface area contributed by atoms with Crippen molar-refractivity contribution in [3.05, 3.63) is 41.5 Å². The van der Waals surface area contributed by atoms with Gasteiger partial charge in [-0.25, -0.2) is 4.79 Å². The number of aryl methyl sites for hydroxylation is 1. The maximum atomic E-state index is 11.7. The molecule has 1 unspecified atom stereocenters. The summed E-state index contributed by atoms with van der Waals surface area (Å²) in [5, 5.41) is 2.60. The molecule has 1 atom stereocenters. The zero-order chi connectivity index (χ0) is 14.3. The normalized spacial score (nSPS) is 12.2. The van der Waals surface area contributed by atoms with E-state index in [1.54, 1.807) is 6.08 Å². The minimum Gasteiger partial charge on any atom is -0.467 e. The summed E-state index contributed by atoms with van der Waals surface area (Å²) in [5.74, 6) is -0.739. The number of esters is 1. The van der Waals surface area contributed by atoms with Crippen molar-refractivity contribution in [3.63, 3.8) is 0 Å². The Hall–Kier alpha value is -2.10. The zero-order valence-corrected chi connectivity index (χ0v) is 11.5. The third kappa shape index (κ3) is 4.95. The van der Waals surface area contributed by atoms with Gasteiger partial charge < -0.3 is 10.1 Å². The van der Waals surface area contributed by atoms with Gasteiger partial charge in [-0.2, -0.15) is 0 Å². The van der Waals surface area contributed by atoms with Crippen molar-refractivity contribution in [2.75, 3.05) is 7.11 Å². The molecule has 4 nitrogen and oxygen atoms in total. The van der Waals surface area contributed by atoms with Gasteiger partial charge in [0.25, 0.3) is 0 Å². The van der Waals surface area contributed by atoms with E-state index in [4.69, 9.17) is 0 Å². The molecule has 0 spiro atoms. The molecule has 0 saturated carbocycles. The quantitative estimate of drug-likeness (QED) is 0.652. The van der Waals surface area contributed by atoms with Crippen LogP contribution in [0.1, 0.15) is 24.5 Å². The number of methoxy groups -OCH3 is 1. The molecule has 1 N–H and O–H groups in total. The fourth-order valence-electron chi connectivity index (χ4n) is 1.54. The van der Waals surface area contributed by atoms with Crippen molar-refractivity contribution in [2.24, 2.45) is 0 Å². The average Bonchev–Trinajstić information content (AvgIpc) is 2.43. The minimum atomic E-state index is -0.597. The molecule has 0 saturated heterocycles. The summed E-state index contributed by atoms with van der Waals surface area (Å²) < 4.78 is 4.60. The van der Waals surface area contributed by atoms with E-state index in [2.05, 4.69) is 10.1 Å². The number of rotatable bonds is 5. The summed E-state index contributed by atoms with van der Waals surface area (Å²) in [5.41, 5.74) is 2.10. The third-order valence-corrected chi connectivity index (χ3v) is 2.71. The molecule has 102 valence electrons. The molecule has 1 rings (SSSR count). The number of hydrogen-bond donors (Lipinski definition) is 1. The van der Waals surface area contributed by atoms with E-state index in [9.17, 15) is 9.59 Å². The van der Waals surface area contributed by atoms with Gasteiger partial charge in [0.05, 0.1) is 7.11 Å². The largest absolute Gasteiger partial charge is 0.467 e. The highest BCUT2D eigenvalue weighted by Crippen LogP contribution is 2.05. The third-order valence-electron chi connectivity index (χ3n) is 2.71. The van der Waals surface area contributed by atoms with Crippen molar-refractivity contribution in [1.82, 2.24) is 5.32 Å². The molecule has 0 aliphatic rings. The Labute approximate surface area is 113 Å². The first-order valence-corrected chi connectivity index (χ1v) is 6.20. The number of amides is 1. The summed E-state index contributed by atoms with van der Waals surface area (Å²) in [6, 6.07) is 7.20. The Kier molecular flexibility index (Phi) is 5.79. The Bertz CT molecular complexity index is 463. The summed E-state index contributed by atoms with van der Waals surface area (Å²) in [6.07, 6.45) is 3.62. The van der Waals surface area contributed by atoms with Crippen molar-refractivity contribution in [2.45, 2.75) is 26.3 Å². The molecule has 1 aromatic rings. The van der Waals surface area contributed by atoms with Crippen LogP contribution in [0, 0.1) is 6.92 Å². The second-order valence-electron chi connectivity index (χ2n) is 4.24. The molecule has 0 bridgehead atoms. The topological polar surface area (TPSA) is 55.4 Å². The molecule has 1 amide bonds. The van der Waals surface area contributed by atoms with Gasteiger partial charge in [-0.1, -0.05) is 36.8 Å². The monoisotopic (exact) mass is 261 g/mol. The summed E-state index contributed by atoms with van der Waals surface area (Å²) in [7, 11) is 1.30. The standard InChI is InChI=1S/C15H19NO3/c1-4-13(15(18)19-3)16-14(17)10-9-12-7-5-11(2)6-8-12/h5-10,13H,4H2,1-3H3,(H,16,17)/b10-9+. The highest BCUT2D eigenvalue weighted by Gasteiger charge is 2.17. The van der Waals surface area contributed by atoms with Crippen LogP contribution in [0.25, 0.3) is 6.08 Å². The van der Waals surface area contributed by atoms with Crippen molar-refractivity contribution < 1.29 is 14.3 Å². The lowest BCUT2D eigenvalue weighted by molar-refractivity contribution is -0.144. The first kappa shape index (κ1) is 15.0. The van der Waals surface area contributed by atoms with Crippen LogP contribution in [0.3, 0.4) is 0 Å². The molecular formula is C15H19NO3. The van der Waals surface area contributed by atoms with Crippen LogP contribution in [-0.2, 0) is 14.3 Å². The molecule has 4 heteroatoms. The van der Waals surface area contributed by atoms with Gasteiger partial charge in [0, 0.05) is 6.08 Å². The molecule has 1 aromatic carbocycles. The molecule has 0 heterocycles. The van der Waals surface area contributed by atoms with Crippen LogP contribution in [0.4, 0.5) is 0 Å². The second kappa shape index (κ2) is 7.36. The molecule has 0 fully saturated rings. The number of ether oxygens (including phenoxy) is 1. The fourth-order valence-corrected chi connectivity index (χ4v) is 1.54. The summed E-state index contributed by atoms with van der Waals surface area (Å²) in [6.45, 7) is 3.81. The highest BCUT2D eigenvalue weighted by atomic mass is 16.5. The van der Waals surface area contributed by atoms with Gasteiger partial charge in [-0.05, 0) is 25.0 Å². The van der Waals surface area contributed by atoms with Crippen LogP contribution in [-0.4, -0.2) is 25.0 Å². The lowest BCUT2D eigenvalue weighted by atomic mass is 10.1. The maximum Gasteiger partial charge on any atom is 0.328 e. The number of carbonyl (C=O) groups excluding carboxylic acids is 2. The van der Waals surface area contributed by atoms with E-state index in [0.29, 0.717) is 6.42 Å². The number of hydrogen-bond acceptors (Lipinski definition) is 3. The van der Waals surface area contributed by atoms with Gasteiger partial charge >= 0.3 is 5.97 Å². The van der Waals surface area contributed by atoms with E-state index in [1.807, 2.05) is 38.1 Å². The number of nitrogens with one attached hydrogen (secondary N) is 1. The summed E-state index contributed by atoms with van der Waals surface area (Å²) >= 11 is 0. The first-order valence-electron chi connectivity index (χ1n) is 6.20. The molecule has 0 radical (unpaired) electrons. The first-order chi connectivity index (χ1) is 9.06. The lowest BCUT2D eigenvalue weighted by Gasteiger charge is -2.12. The fraction of sp³-hybridized carbons (Fsp3) is 0.333. The predicted octanol–water partition coefficient (Wildman–Crippen LogP) is 2.08. The van der Waals surface area contributed by atoms with E-state index >= 15 is 0 Å². The lowest BCUT2D eigenvalue weighted by Crippen LogP contribution is -2.40. The van der Waals surface area contributed by atoms with Gasteiger partial charge in [0.2, 0.25) is 5.91 Å². The minimum absolute atomic E-state index is 0.308. The van der Waals surface area contributed by atoms with Gasteiger partial charge in [-0.3, -0.25) is 4.79 Å². The van der Waals surface area contributed by atoms with E-state index in [1.165, 1.54) is 18.7 Å². The number of benzene rings is 1. The van der Waals surface area contributed by atoms with Gasteiger partial charge in [-0.15, -0.1) is 0 Å². The van der Waals surface area contributed by atoms with Crippen molar-refractivity contribution in [1.29, 1.82) is 0 Å². The molecular weight excluding hydrogens is 242 g/mol. The van der Waals surface area contributed by atoms with Crippen LogP contribution in [0.15, 0.2) is 30.3 Å². The number of carbonyl (C=O) groups is 2. The van der Waals surface area contributed by atoms with Crippen LogP contribution in [0.5, 0.6) is 0 Å². The Morgan fingerprint density at radius 2 is 1.95 bits per heavy atom. The SMILES string of the molecule is CCC(NC(=O)/C=C/c1ccc(C)cc1)C(=O)OC. The molecule has 0 aliphatic carbocycles. The van der Waals surface area contributed by atoms with Crippen molar-refractivity contribution in [3.8, 4) is 0 Å². The Balaban J connectivity index is 2.59. The van der Waals surface area contributed by atoms with Gasteiger partial charge in [0.1, 0.15) is 6.04 Å². The van der Waals surface area contributed by atoms with E-state index < -0.39 is 12.0 Å². The smallest absolute Gasteiger partial charge is 0.328 e. The predicted molar refractivity (Wildman–Crippen MR) is 74.5 cm³/mol. The van der Waals surface area contributed by atoms with Crippen LogP contribution >= 0.6 is 0 Å². The van der Waals surface area contributed by atoms with Crippen LogP contribution in [0.2, 0.25) is 0 Å².